The molecular weight excluding hydrogens is 238 g/mol. The molecule has 1 fully saturated rings. The number of aliphatic carboxylic acids is 1. The molecule has 1 amide bonds. The topological polar surface area (TPSA) is 57.6 Å². The van der Waals surface area contributed by atoms with Crippen molar-refractivity contribution < 1.29 is 14.7 Å². The van der Waals surface area contributed by atoms with Crippen LogP contribution in [0.3, 0.4) is 0 Å². The van der Waals surface area contributed by atoms with Crippen molar-refractivity contribution in [1.82, 2.24) is 4.90 Å². The molecule has 1 saturated heterocycles. The van der Waals surface area contributed by atoms with Crippen molar-refractivity contribution in [3.8, 4) is 0 Å². The minimum absolute atomic E-state index is 0.0481. The first-order valence-electron chi connectivity index (χ1n) is 5.51. The molecule has 0 radical (unpaired) electrons. The second-order valence-corrected chi connectivity index (χ2v) is 6.04. The van der Waals surface area contributed by atoms with Crippen LogP contribution in [0.4, 0.5) is 0 Å². The van der Waals surface area contributed by atoms with E-state index in [0.29, 0.717) is 24.4 Å². The lowest BCUT2D eigenvalue weighted by Gasteiger charge is -2.19. The predicted molar refractivity (Wildman–Crippen MR) is 65.3 cm³/mol. The third-order valence-electron chi connectivity index (χ3n) is 3.23. The quantitative estimate of drug-likeness (QED) is 0.877. The van der Waals surface area contributed by atoms with Gasteiger partial charge in [-0.05, 0) is 32.4 Å². The van der Waals surface area contributed by atoms with Gasteiger partial charge in [-0.25, -0.2) is 0 Å². The molecule has 1 aromatic rings. The molecule has 1 atom stereocenters. The summed E-state index contributed by atoms with van der Waals surface area (Å²) in [7, 11) is 0. The number of hydrogen-bond acceptors (Lipinski definition) is 3. The van der Waals surface area contributed by atoms with Gasteiger partial charge < -0.3 is 10.0 Å². The van der Waals surface area contributed by atoms with Crippen molar-refractivity contribution in [2.24, 2.45) is 5.41 Å². The fourth-order valence-electron chi connectivity index (χ4n) is 2.01. The Morgan fingerprint density at radius 1 is 1.47 bits per heavy atom. The van der Waals surface area contributed by atoms with Gasteiger partial charge in [-0.2, -0.15) is 0 Å². The van der Waals surface area contributed by atoms with Gasteiger partial charge >= 0.3 is 5.97 Å². The largest absolute Gasteiger partial charge is 0.481 e. The van der Waals surface area contributed by atoms with Crippen LogP contribution in [0.5, 0.6) is 0 Å². The van der Waals surface area contributed by atoms with Gasteiger partial charge in [0.25, 0.3) is 5.91 Å². The molecule has 1 aliphatic heterocycles. The number of carbonyl (C=O) groups is 2. The zero-order valence-corrected chi connectivity index (χ0v) is 10.7. The smallest absolute Gasteiger partial charge is 0.311 e. The minimum Gasteiger partial charge on any atom is -0.481 e. The highest BCUT2D eigenvalue weighted by molar-refractivity contribution is 7.13. The highest BCUT2D eigenvalue weighted by Gasteiger charge is 2.42. The maximum Gasteiger partial charge on any atom is 0.311 e. The molecule has 0 aliphatic carbocycles. The summed E-state index contributed by atoms with van der Waals surface area (Å²) in [5, 5.41) is 9.11. The maximum atomic E-state index is 12.1. The second kappa shape index (κ2) is 4.14. The molecule has 2 heterocycles. The molecule has 17 heavy (non-hydrogen) atoms. The summed E-state index contributed by atoms with van der Waals surface area (Å²) in [6, 6.07) is 3.71. The molecule has 1 N–H and O–H groups in total. The van der Waals surface area contributed by atoms with Crippen LogP contribution in [0.1, 0.15) is 27.9 Å². The molecule has 1 aromatic heterocycles. The Bertz CT molecular complexity index is 468. The number of rotatable bonds is 2. The van der Waals surface area contributed by atoms with Crippen LogP contribution in [0.25, 0.3) is 0 Å². The highest BCUT2D eigenvalue weighted by Crippen LogP contribution is 2.31. The van der Waals surface area contributed by atoms with Crippen LogP contribution in [-0.4, -0.2) is 35.0 Å². The molecule has 0 saturated carbocycles. The summed E-state index contributed by atoms with van der Waals surface area (Å²) in [5.74, 6) is -0.872. The van der Waals surface area contributed by atoms with E-state index >= 15 is 0 Å². The lowest BCUT2D eigenvalue weighted by molar-refractivity contribution is -0.147. The van der Waals surface area contributed by atoms with E-state index in [0.717, 1.165) is 4.88 Å². The first-order valence-corrected chi connectivity index (χ1v) is 6.33. The average Bonchev–Trinajstić information content (AvgIpc) is 2.85. The first kappa shape index (κ1) is 12.1. The van der Waals surface area contributed by atoms with Gasteiger partial charge in [0.05, 0.1) is 10.3 Å². The lowest BCUT2D eigenvalue weighted by Crippen LogP contribution is -2.34. The van der Waals surface area contributed by atoms with E-state index in [4.69, 9.17) is 5.11 Å². The molecular formula is C12H15NO3S. The van der Waals surface area contributed by atoms with Crippen LogP contribution in [0.15, 0.2) is 12.1 Å². The monoisotopic (exact) mass is 253 g/mol. The normalized spacial score (nSPS) is 24.0. The molecule has 5 heteroatoms. The first-order chi connectivity index (χ1) is 7.92. The molecule has 92 valence electrons. The van der Waals surface area contributed by atoms with Crippen molar-refractivity contribution in [3.63, 3.8) is 0 Å². The predicted octanol–water partition coefficient (Wildman–Crippen LogP) is 1.99. The number of nitrogens with zero attached hydrogens (tertiary/aromatic N) is 1. The van der Waals surface area contributed by atoms with E-state index in [1.54, 1.807) is 17.9 Å². The van der Waals surface area contributed by atoms with Gasteiger partial charge in [0.1, 0.15) is 0 Å². The van der Waals surface area contributed by atoms with E-state index in [1.165, 1.54) is 11.3 Å². The van der Waals surface area contributed by atoms with E-state index in [2.05, 4.69) is 0 Å². The van der Waals surface area contributed by atoms with Crippen molar-refractivity contribution >= 4 is 23.2 Å². The van der Waals surface area contributed by atoms with Gasteiger partial charge in [-0.15, -0.1) is 11.3 Å². The third kappa shape index (κ3) is 2.20. The van der Waals surface area contributed by atoms with Crippen LogP contribution in [-0.2, 0) is 4.79 Å². The van der Waals surface area contributed by atoms with Crippen molar-refractivity contribution in [3.05, 3.63) is 21.9 Å². The fraction of sp³-hybridized carbons (Fsp3) is 0.500. The van der Waals surface area contributed by atoms with Crippen LogP contribution >= 0.6 is 11.3 Å². The molecule has 0 aromatic carbocycles. The zero-order valence-electron chi connectivity index (χ0n) is 9.90. The Hall–Kier alpha value is -1.36. The van der Waals surface area contributed by atoms with Crippen LogP contribution < -0.4 is 0 Å². The highest BCUT2D eigenvalue weighted by atomic mass is 32.1. The Labute approximate surface area is 104 Å². The number of carboxylic acid groups (broad SMARTS) is 1. The number of hydrogen-bond donors (Lipinski definition) is 1. The number of likely N-dealkylation sites (tertiary alicyclic amines) is 1. The fourth-order valence-corrected chi connectivity index (χ4v) is 2.85. The zero-order chi connectivity index (χ0) is 12.6. The van der Waals surface area contributed by atoms with Gasteiger partial charge in [0.15, 0.2) is 0 Å². The number of thiophene rings is 1. The van der Waals surface area contributed by atoms with Gasteiger partial charge in [0, 0.05) is 18.0 Å². The second-order valence-electron chi connectivity index (χ2n) is 4.75. The molecule has 1 aliphatic rings. The van der Waals surface area contributed by atoms with Gasteiger partial charge in [0.2, 0.25) is 0 Å². The Morgan fingerprint density at radius 2 is 2.18 bits per heavy atom. The SMILES string of the molecule is Cc1ccc(C(=O)N2CCC(C)(C(=O)O)C2)s1. The van der Waals surface area contributed by atoms with E-state index in [-0.39, 0.29) is 5.91 Å². The Balaban J connectivity index is 2.11. The Morgan fingerprint density at radius 3 is 2.65 bits per heavy atom. The van der Waals surface area contributed by atoms with Crippen molar-refractivity contribution in [1.29, 1.82) is 0 Å². The summed E-state index contributed by atoms with van der Waals surface area (Å²) in [4.78, 5) is 26.6. The molecule has 2 rings (SSSR count). The summed E-state index contributed by atoms with van der Waals surface area (Å²) in [5.41, 5.74) is -0.790. The maximum absolute atomic E-state index is 12.1. The number of carboxylic acids is 1. The van der Waals surface area contributed by atoms with E-state index < -0.39 is 11.4 Å². The Kier molecular flexibility index (Phi) is 2.95. The number of amides is 1. The van der Waals surface area contributed by atoms with Crippen molar-refractivity contribution in [2.45, 2.75) is 20.3 Å². The minimum atomic E-state index is -0.824. The van der Waals surface area contributed by atoms with Crippen LogP contribution in [0, 0.1) is 12.3 Å². The van der Waals surface area contributed by atoms with E-state index in [1.807, 2.05) is 13.0 Å². The lowest BCUT2D eigenvalue weighted by atomic mass is 9.90. The summed E-state index contributed by atoms with van der Waals surface area (Å²) >= 11 is 1.45. The summed E-state index contributed by atoms with van der Waals surface area (Å²) < 4.78 is 0. The summed E-state index contributed by atoms with van der Waals surface area (Å²) in [6.45, 7) is 4.48. The van der Waals surface area contributed by atoms with Gasteiger partial charge in [-0.3, -0.25) is 9.59 Å². The van der Waals surface area contributed by atoms with Gasteiger partial charge in [-0.1, -0.05) is 0 Å². The third-order valence-corrected chi connectivity index (χ3v) is 4.22. The van der Waals surface area contributed by atoms with Crippen molar-refractivity contribution in [2.75, 3.05) is 13.1 Å². The summed E-state index contributed by atoms with van der Waals surface area (Å²) in [6.07, 6.45) is 0.526. The van der Waals surface area contributed by atoms with Crippen LogP contribution in [0.2, 0.25) is 0 Å². The molecule has 0 bridgehead atoms. The van der Waals surface area contributed by atoms with E-state index in [9.17, 15) is 9.59 Å². The molecule has 1 unspecified atom stereocenters. The standard InChI is InChI=1S/C12H15NO3S/c1-8-3-4-9(17-8)10(14)13-6-5-12(2,7-13)11(15)16/h3-4H,5-7H2,1-2H3,(H,15,16). The molecule has 0 spiro atoms. The molecule has 4 nitrogen and oxygen atoms in total. The average molecular weight is 253 g/mol. The number of carbonyl (C=O) groups excluding carboxylic acids is 1. The number of aryl methyl sites for hydroxylation is 1.